The van der Waals surface area contributed by atoms with E-state index in [1.165, 1.54) is 0 Å². The summed E-state index contributed by atoms with van der Waals surface area (Å²) >= 11 is 4.52. The highest BCUT2D eigenvalue weighted by molar-refractivity contribution is 7.94. The molecule has 0 heterocycles. The fourth-order valence-electron chi connectivity index (χ4n) is 1.51. The number of hydrogen-bond acceptors (Lipinski definition) is 3. The normalized spacial score (nSPS) is 18.8. The number of benzene rings is 1. The van der Waals surface area contributed by atoms with E-state index in [4.69, 9.17) is 4.52 Å². The largest absolute Gasteiger partial charge is 0.325 e. The third-order valence-electron chi connectivity index (χ3n) is 2.71. The van der Waals surface area contributed by atoms with Crippen LogP contribution >= 0.6 is 20.0 Å². The van der Waals surface area contributed by atoms with Gasteiger partial charge in [0.05, 0.1) is 11.1 Å². The summed E-state index contributed by atoms with van der Waals surface area (Å²) in [7, 11) is -2.91. The topological polar surface area (TPSA) is 26.3 Å². The van der Waals surface area contributed by atoms with Crippen LogP contribution in [0.4, 0.5) is 0 Å². The van der Waals surface area contributed by atoms with Gasteiger partial charge in [-0.25, -0.2) is 0 Å². The Morgan fingerprint density at radius 1 is 1.31 bits per heavy atom. The second-order valence-corrected chi connectivity index (χ2v) is 8.08. The predicted molar refractivity (Wildman–Crippen MR) is 73.0 cm³/mol. The molecule has 2 atom stereocenters. The van der Waals surface area contributed by atoms with Gasteiger partial charge in [0, 0.05) is 5.30 Å². The van der Waals surface area contributed by atoms with Crippen molar-refractivity contribution in [3.8, 4) is 0 Å². The minimum absolute atomic E-state index is 0.433. The van der Waals surface area contributed by atoms with E-state index in [0.29, 0.717) is 13.0 Å². The van der Waals surface area contributed by atoms with E-state index in [2.05, 4.69) is 12.6 Å². The maximum absolute atomic E-state index is 13.0. The van der Waals surface area contributed by atoms with Crippen molar-refractivity contribution in [2.45, 2.75) is 31.7 Å². The molecule has 1 rings (SSSR count). The van der Waals surface area contributed by atoms with Gasteiger partial charge in [0.2, 0.25) is 7.37 Å². The van der Waals surface area contributed by atoms with Crippen LogP contribution < -0.4 is 5.30 Å². The highest BCUT2D eigenvalue weighted by atomic mass is 32.1. The van der Waals surface area contributed by atoms with Crippen molar-refractivity contribution in [3.05, 3.63) is 30.3 Å². The van der Waals surface area contributed by atoms with Crippen molar-refractivity contribution in [2.75, 3.05) is 6.61 Å². The first kappa shape index (κ1) is 13.8. The number of hydrogen-bond donors (Lipinski definition) is 1. The molecular weight excluding hydrogens is 239 g/mol. The standard InChI is InChI=1S/C12H19O2PS/c1-4-12(3,16)15(13,14-5-2)11-9-7-6-8-10-11/h6-10,16H,4-5H2,1-3H3. The van der Waals surface area contributed by atoms with Crippen LogP contribution in [0.15, 0.2) is 30.3 Å². The molecule has 0 aliphatic carbocycles. The van der Waals surface area contributed by atoms with Crippen molar-refractivity contribution >= 4 is 25.3 Å². The molecule has 0 amide bonds. The third kappa shape index (κ3) is 2.53. The molecule has 4 heteroatoms. The van der Waals surface area contributed by atoms with Gasteiger partial charge in [-0.2, -0.15) is 12.6 Å². The summed E-state index contributed by atoms with van der Waals surface area (Å²) in [6.45, 7) is 6.14. The Hall–Kier alpha value is -0.240. The highest BCUT2D eigenvalue weighted by Gasteiger charge is 2.42. The molecule has 0 aromatic heterocycles. The van der Waals surface area contributed by atoms with Gasteiger partial charge in [-0.05, 0) is 32.4 Å². The number of thiol groups is 1. The van der Waals surface area contributed by atoms with E-state index in [9.17, 15) is 4.57 Å². The van der Waals surface area contributed by atoms with Crippen molar-refractivity contribution in [1.29, 1.82) is 0 Å². The predicted octanol–water partition coefficient (Wildman–Crippen LogP) is 3.68. The Balaban J connectivity index is 3.23. The van der Waals surface area contributed by atoms with Crippen LogP contribution in [-0.2, 0) is 9.09 Å². The molecule has 0 radical (unpaired) electrons. The zero-order chi connectivity index (χ0) is 12.2. The van der Waals surface area contributed by atoms with E-state index >= 15 is 0 Å². The molecule has 1 aromatic carbocycles. The van der Waals surface area contributed by atoms with E-state index < -0.39 is 11.9 Å². The van der Waals surface area contributed by atoms with Crippen molar-refractivity contribution in [1.82, 2.24) is 0 Å². The van der Waals surface area contributed by atoms with Crippen molar-refractivity contribution in [2.24, 2.45) is 0 Å². The molecule has 2 nitrogen and oxygen atoms in total. The zero-order valence-corrected chi connectivity index (χ0v) is 11.8. The van der Waals surface area contributed by atoms with Crippen LogP contribution in [-0.4, -0.2) is 11.1 Å². The maximum Gasteiger partial charge on any atom is 0.247 e. The second kappa shape index (κ2) is 5.39. The van der Waals surface area contributed by atoms with Gasteiger partial charge in [0.1, 0.15) is 0 Å². The lowest BCUT2D eigenvalue weighted by molar-refractivity contribution is 0.330. The minimum atomic E-state index is -2.91. The van der Waals surface area contributed by atoms with Gasteiger partial charge < -0.3 is 4.52 Å². The molecule has 0 bridgehead atoms. The average Bonchev–Trinajstić information content (AvgIpc) is 2.30. The van der Waals surface area contributed by atoms with Gasteiger partial charge in [-0.3, -0.25) is 4.57 Å². The summed E-state index contributed by atoms with van der Waals surface area (Å²) in [5.41, 5.74) is 0. The minimum Gasteiger partial charge on any atom is -0.325 e. The second-order valence-electron chi connectivity index (χ2n) is 3.88. The van der Waals surface area contributed by atoms with Gasteiger partial charge >= 0.3 is 0 Å². The zero-order valence-electron chi connectivity index (χ0n) is 10.0. The molecule has 0 aliphatic rings. The fraction of sp³-hybridized carbons (Fsp3) is 0.500. The van der Waals surface area contributed by atoms with Crippen LogP contribution in [0.1, 0.15) is 27.2 Å². The van der Waals surface area contributed by atoms with Crippen LogP contribution in [0.5, 0.6) is 0 Å². The molecule has 0 spiro atoms. The lowest BCUT2D eigenvalue weighted by Crippen LogP contribution is -2.25. The van der Waals surface area contributed by atoms with E-state index in [1.54, 1.807) is 0 Å². The molecule has 1 aromatic rings. The van der Waals surface area contributed by atoms with Gasteiger partial charge in [0.15, 0.2) is 0 Å². The summed E-state index contributed by atoms with van der Waals surface area (Å²) in [5, 5.41) is 0.746. The Morgan fingerprint density at radius 3 is 2.31 bits per heavy atom. The molecule has 0 saturated heterocycles. The average molecular weight is 258 g/mol. The quantitative estimate of drug-likeness (QED) is 0.644. The SMILES string of the molecule is CCOP(=O)(c1ccccc1)C(C)(S)CC. The molecule has 0 saturated carbocycles. The Bertz CT molecular complexity index is 376. The maximum atomic E-state index is 13.0. The van der Waals surface area contributed by atoms with Crippen LogP contribution in [0, 0.1) is 0 Å². The lowest BCUT2D eigenvalue weighted by atomic mass is 10.3. The van der Waals surface area contributed by atoms with Gasteiger partial charge in [0.25, 0.3) is 0 Å². The van der Waals surface area contributed by atoms with Crippen molar-refractivity contribution < 1.29 is 9.09 Å². The molecule has 0 N–H and O–H groups in total. The Labute approximate surface area is 103 Å². The first-order valence-corrected chi connectivity index (χ1v) is 7.58. The lowest BCUT2D eigenvalue weighted by Gasteiger charge is -2.32. The fourth-order valence-corrected chi connectivity index (χ4v) is 4.35. The molecular formula is C12H19O2PS. The van der Waals surface area contributed by atoms with Crippen LogP contribution in [0.25, 0.3) is 0 Å². The molecule has 90 valence electrons. The Morgan fingerprint density at radius 2 is 1.88 bits per heavy atom. The molecule has 0 aliphatic heterocycles. The smallest absolute Gasteiger partial charge is 0.247 e. The highest BCUT2D eigenvalue weighted by Crippen LogP contribution is 2.61. The first-order chi connectivity index (χ1) is 7.48. The summed E-state index contributed by atoms with van der Waals surface area (Å²) in [6, 6.07) is 9.35. The summed E-state index contributed by atoms with van der Waals surface area (Å²) in [6.07, 6.45) is 0.697. The van der Waals surface area contributed by atoms with E-state index in [0.717, 1.165) is 5.30 Å². The van der Waals surface area contributed by atoms with E-state index in [1.807, 2.05) is 51.1 Å². The van der Waals surface area contributed by atoms with Crippen LogP contribution in [0.3, 0.4) is 0 Å². The van der Waals surface area contributed by atoms with Gasteiger partial charge in [-0.15, -0.1) is 0 Å². The first-order valence-electron chi connectivity index (χ1n) is 5.50. The summed E-state index contributed by atoms with van der Waals surface area (Å²) in [4.78, 5) is 0. The molecule has 0 fully saturated rings. The molecule has 16 heavy (non-hydrogen) atoms. The van der Waals surface area contributed by atoms with Crippen LogP contribution in [0.2, 0.25) is 0 Å². The Kier molecular flexibility index (Phi) is 4.66. The molecule has 2 unspecified atom stereocenters. The van der Waals surface area contributed by atoms with Crippen molar-refractivity contribution in [3.63, 3.8) is 0 Å². The van der Waals surface area contributed by atoms with E-state index in [-0.39, 0.29) is 0 Å². The third-order valence-corrected chi connectivity index (χ3v) is 7.00. The number of rotatable bonds is 5. The summed E-state index contributed by atoms with van der Waals surface area (Å²) in [5.74, 6) is 0. The summed E-state index contributed by atoms with van der Waals surface area (Å²) < 4.78 is 17.9. The van der Waals surface area contributed by atoms with Gasteiger partial charge in [-0.1, -0.05) is 25.1 Å². The monoisotopic (exact) mass is 258 g/mol.